The number of rotatable bonds is 2. The smallest absolute Gasteiger partial charge is 0.0500 e. The Labute approximate surface area is 63.8 Å². The van der Waals surface area contributed by atoms with Crippen LogP contribution >= 0.6 is 0 Å². The third-order valence-corrected chi connectivity index (χ3v) is 2.63. The van der Waals surface area contributed by atoms with Crippen LogP contribution in [0.3, 0.4) is 0 Å². The molecule has 0 radical (unpaired) electrons. The Bertz CT molecular complexity index is 98.9. The predicted octanol–water partition coefficient (Wildman–Crippen LogP) is 2.32. The van der Waals surface area contributed by atoms with Gasteiger partial charge in [-0.05, 0) is 17.8 Å². The van der Waals surface area contributed by atoms with Gasteiger partial charge in [-0.1, -0.05) is 27.2 Å². The van der Waals surface area contributed by atoms with Gasteiger partial charge in [0.2, 0.25) is 0 Å². The van der Waals surface area contributed by atoms with Gasteiger partial charge in [0.25, 0.3) is 0 Å². The summed E-state index contributed by atoms with van der Waals surface area (Å²) in [6, 6.07) is 0. The first kappa shape index (κ1) is 8.06. The Kier molecular flexibility index (Phi) is 2.72. The Hall–Kier alpha value is -0.0400. The van der Waals surface area contributed by atoms with E-state index >= 15 is 0 Å². The van der Waals surface area contributed by atoms with Gasteiger partial charge in [0, 0.05) is 13.2 Å². The van der Waals surface area contributed by atoms with Crippen molar-refractivity contribution in [3.8, 4) is 0 Å². The molecular weight excluding hydrogens is 124 g/mol. The lowest BCUT2D eigenvalue weighted by Crippen LogP contribution is -2.17. The first-order chi connectivity index (χ1) is 4.75. The van der Waals surface area contributed by atoms with E-state index in [1.54, 1.807) is 0 Å². The lowest BCUT2D eigenvalue weighted by Gasteiger charge is -2.18. The van der Waals surface area contributed by atoms with Gasteiger partial charge < -0.3 is 4.74 Å². The summed E-state index contributed by atoms with van der Waals surface area (Å²) in [4.78, 5) is 0. The fourth-order valence-corrected chi connectivity index (χ4v) is 1.77. The normalized spacial score (nSPS) is 33.6. The van der Waals surface area contributed by atoms with Crippen LogP contribution in [0.1, 0.15) is 27.2 Å². The summed E-state index contributed by atoms with van der Waals surface area (Å²) in [5.74, 6) is 2.46. The molecule has 2 atom stereocenters. The molecule has 0 aromatic rings. The Morgan fingerprint density at radius 3 is 2.50 bits per heavy atom. The van der Waals surface area contributed by atoms with Crippen molar-refractivity contribution in [1.82, 2.24) is 0 Å². The van der Waals surface area contributed by atoms with Crippen molar-refractivity contribution in [2.24, 2.45) is 17.8 Å². The maximum Gasteiger partial charge on any atom is 0.0500 e. The van der Waals surface area contributed by atoms with Gasteiger partial charge in [0.1, 0.15) is 0 Å². The number of hydrogen-bond donors (Lipinski definition) is 0. The lowest BCUT2D eigenvalue weighted by molar-refractivity contribution is 0.174. The van der Waals surface area contributed by atoms with Crippen LogP contribution in [0.4, 0.5) is 0 Å². The molecule has 60 valence electrons. The SMILES string of the molecule is CC[C@H]1COC[C@H]1C(C)C. The summed E-state index contributed by atoms with van der Waals surface area (Å²) >= 11 is 0. The highest BCUT2D eigenvalue weighted by atomic mass is 16.5. The van der Waals surface area contributed by atoms with Crippen LogP contribution in [0.25, 0.3) is 0 Å². The van der Waals surface area contributed by atoms with E-state index in [0.717, 1.165) is 31.0 Å². The first-order valence-electron chi connectivity index (χ1n) is 4.33. The second-order valence-electron chi connectivity index (χ2n) is 3.61. The third kappa shape index (κ3) is 1.51. The Morgan fingerprint density at radius 1 is 1.40 bits per heavy atom. The van der Waals surface area contributed by atoms with Crippen molar-refractivity contribution in [3.05, 3.63) is 0 Å². The van der Waals surface area contributed by atoms with E-state index < -0.39 is 0 Å². The number of hydrogen-bond acceptors (Lipinski definition) is 1. The fourth-order valence-electron chi connectivity index (χ4n) is 1.77. The zero-order chi connectivity index (χ0) is 7.56. The molecule has 0 spiro atoms. The van der Waals surface area contributed by atoms with Gasteiger partial charge in [-0.15, -0.1) is 0 Å². The molecule has 1 heterocycles. The zero-order valence-electron chi connectivity index (χ0n) is 7.26. The van der Waals surface area contributed by atoms with Crippen LogP contribution in [0.15, 0.2) is 0 Å². The average Bonchev–Trinajstić information content (AvgIpc) is 2.33. The van der Waals surface area contributed by atoms with Crippen molar-refractivity contribution >= 4 is 0 Å². The van der Waals surface area contributed by atoms with Crippen LogP contribution in [0.2, 0.25) is 0 Å². The van der Waals surface area contributed by atoms with Crippen LogP contribution in [0, 0.1) is 17.8 Å². The van der Waals surface area contributed by atoms with E-state index in [1.165, 1.54) is 6.42 Å². The van der Waals surface area contributed by atoms with Crippen LogP contribution in [-0.4, -0.2) is 13.2 Å². The molecule has 1 saturated heterocycles. The van der Waals surface area contributed by atoms with E-state index in [4.69, 9.17) is 4.74 Å². The molecule has 0 amide bonds. The molecule has 0 saturated carbocycles. The van der Waals surface area contributed by atoms with Gasteiger partial charge in [-0.3, -0.25) is 0 Å². The van der Waals surface area contributed by atoms with Gasteiger partial charge >= 0.3 is 0 Å². The summed E-state index contributed by atoms with van der Waals surface area (Å²) in [5, 5.41) is 0. The Balaban J connectivity index is 2.42. The molecule has 1 rings (SSSR count). The monoisotopic (exact) mass is 142 g/mol. The van der Waals surface area contributed by atoms with Crippen molar-refractivity contribution in [3.63, 3.8) is 0 Å². The molecule has 0 N–H and O–H groups in total. The highest BCUT2D eigenvalue weighted by Crippen LogP contribution is 2.29. The minimum Gasteiger partial charge on any atom is -0.381 e. The van der Waals surface area contributed by atoms with Crippen LogP contribution in [-0.2, 0) is 4.74 Å². The molecule has 0 unspecified atom stereocenters. The van der Waals surface area contributed by atoms with E-state index in [2.05, 4.69) is 20.8 Å². The van der Waals surface area contributed by atoms with E-state index in [9.17, 15) is 0 Å². The molecule has 1 heteroatoms. The largest absolute Gasteiger partial charge is 0.381 e. The van der Waals surface area contributed by atoms with Gasteiger partial charge in [0.15, 0.2) is 0 Å². The van der Waals surface area contributed by atoms with Gasteiger partial charge in [0.05, 0.1) is 0 Å². The summed E-state index contributed by atoms with van der Waals surface area (Å²) in [6.45, 7) is 8.84. The molecule has 0 aromatic carbocycles. The number of ether oxygens (including phenoxy) is 1. The maximum absolute atomic E-state index is 5.42. The molecule has 1 fully saturated rings. The molecule has 1 aliphatic rings. The fraction of sp³-hybridized carbons (Fsp3) is 1.00. The van der Waals surface area contributed by atoms with E-state index in [1.807, 2.05) is 0 Å². The summed E-state index contributed by atoms with van der Waals surface area (Å²) in [7, 11) is 0. The van der Waals surface area contributed by atoms with Crippen molar-refractivity contribution in [1.29, 1.82) is 0 Å². The molecule has 0 aliphatic carbocycles. The quantitative estimate of drug-likeness (QED) is 0.575. The van der Waals surface area contributed by atoms with Gasteiger partial charge in [-0.25, -0.2) is 0 Å². The minimum atomic E-state index is 0.799. The van der Waals surface area contributed by atoms with Crippen LogP contribution in [0.5, 0.6) is 0 Å². The molecule has 0 aromatic heterocycles. The molecular formula is C9H18O. The second kappa shape index (κ2) is 3.38. The van der Waals surface area contributed by atoms with Crippen molar-refractivity contribution in [2.45, 2.75) is 27.2 Å². The second-order valence-corrected chi connectivity index (χ2v) is 3.61. The highest BCUT2D eigenvalue weighted by Gasteiger charge is 2.28. The molecule has 0 bridgehead atoms. The predicted molar refractivity (Wildman–Crippen MR) is 42.9 cm³/mol. The summed E-state index contributed by atoms with van der Waals surface area (Å²) < 4.78 is 5.42. The maximum atomic E-state index is 5.42. The van der Waals surface area contributed by atoms with E-state index in [0.29, 0.717) is 0 Å². The zero-order valence-corrected chi connectivity index (χ0v) is 7.26. The molecule has 1 aliphatic heterocycles. The Morgan fingerprint density at radius 2 is 2.10 bits per heavy atom. The first-order valence-corrected chi connectivity index (χ1v) is 4.33. The van der Waals surface area contributed by atoms with Crippen molar-refractivity contribution in [2.75, 3.05) is 13.2 Å². The molecule has 10 heavy (non-hydrogen) atoms. The summed E-state index contributed by atoms with van der Waals surface area (Å²) in [6.07, 6.45) is 1.28. The topological polar surface area (TPSA) is 9.23 Å². The minimum absolute atomic E-state index is 0.799. The van der Waals surface area contributed by atoms with Gasteiger partial charge in [-0.2, -0.15) is 0 Å². The highest BCUT2D eigenvalue weighted by molar-refractivity contribution is 4.76. The summed E-state index contributed by atoms with van der Waals surface area (Å²) in [5.41, 5.74) is 0. The standard InChI is InChI=1S/C9H18O/c1-4-8-5-10-6-9(8)7(2)3/h7-9H,4-6H2,1-3H3/t8-,9-/m0/s1. The van der Waals surface area contributed by atoms with E-state index in [-0.39, 0.29) is 0 Å². The average molecular weight is 142 g/mol. The molecule has 1 nitrogen and oxygen atoms in total. The van der Waals surface area contributed by atoms with Crippen LogP contribution < -0.4 is 0 Å². The third-order valence-electron chi connectivity index (χ3n) is 2.63. The van der Waals surface area contributed by atoms with Crippen molar-refractivity contribution < 1.29 is 4.74 Å². The lowest BCUT2D eigenvalue weighted by atomic mass is 9.85.